The zero-order valence-electron chi connectivity index (χ0n) is 8.62. The van der Waals surface area contributed by atoms with Crippen molar-refractivity contribution in [1.29, 1.82) is 0 Å². The maximum Gasteiger partial charge on any atom is 0.213 e. The van der Waals surface area contributed by atoms with Crippen LogP contribution < -0.4 is 0 Å². The van der Waals surface area contributed by atoms with Crippen molar-refractivity contribution in [2.75, 3.05) is 0 Å². The molecular weight excluding hydrogens is 264 g/mol. The van der Waals surface area contributed by atoms with Crippen LogP contribution in [0.1, 0.15) is 5.69 Å². The summed E-state index contributed by atoms with van der Waals surface area (Å²) in [6.07, 6.45) is 0. The zero-order chi connectivity index (χ0) is 12.4. The summed E-state index contributed by atoms with van der Waals surface area (Å²) in [5, 5.41) is 10.0. The second kappa shape index (κ2) is 5.00. The van der Waals surface area contributed by atoms with Crippen molar-refractivity contribution in [2.24, 2.45) is 0 Å². The van der Waals surface area contributed by atoms with E-state index < -0.39 is 5.95 Å². The molecule has 2 rings (SSSR count). The van der Waals surface area contributed by atoms with Crippen LogP contribution in [0.4, 0.5) is 4.39 Å². The average Bonchev–Trinajstić information content (AvgIpc) is 2.30. The maximum absolute atomic E-state index is 13.0. The highest BCUT2D eigenvalue weighted by Crippen LogP contribution is 2.35. The van der Waals surface area contributed by atoms with Gasteiger partial charge in [-0.25, -0.2) is 4.98 Å². The molecule has 0 bridgehead atoms. The molecule has 0 radical (unpaired) electrons. The number of aliphatic hydroxyl groups is 1. The summed E-state index contributed by atoms with van der Waals surface area (Å²) in [5.41, 5.74) is 1.29. The molecule has 0 aliphatic carbocycles. The van der Waals surface area contributed by atoms with Crippen molar-refractivity contribution in [3.8, 4) is 11.1 Å². The minimum Gasteiger partial charge on any atom is -0.390 e. The second-order valence-corrected chi connectivity index (χ2v) is 4.20. The van der Waals surface area contributed by atoms with Gasteiger partial charge in [0.25, 0.3) is 0 Å². The van der Waals surface area contributed by atoms with Gasteiger partial charge < -0.3 is 5.11 Å². The number of hydrogen-bond donors (Lipinski definition) is 1. The van der Waals surface area contributed by atoms with Crippen LogP contribution in [-0.2, 0) is 6.61 Å². The molecule has 88 valence electrons. The average molecular weight is 272 g/mol. The molecule has 5 heteroatoms. The Kier molecular flexibility index (Phi) is 3.62. The van der Waals surface area contributed by atoms with Crippen molar-refractivity contribution in [3.05, 3.63) is 52.0 Å². The lowest BCUT2D eigenvalue weighted by Gasteiger charge is -2.10. The van der Waals surface area contributed by atoms with E-state index in [4.69, 9.17) is 23.2 Å². The van der Waals surface area contributed by atoms with Crippen molar-refractivity contribution in [2.45, 2.75) is 6.61 Å². The highest BCUT2D eigenvalue weighted by atomic mass is 35.5. The first-order valence-corrected chi connectivity index (χ1v) is 5.59. The quantitative estimate of drug-likeness (QED) is 0.846. The summed E-state index contributed by atoms with van der Waals surface area (Å²) in [5.74, 6) is -0.652. The number of pyridine rings is 1. The fourth-order valence-electron chi connectivity index (χ4n) is 1.58. The summed E-state index contributed by atoms with van der Waals surface area (Å²) >= 11 is 12.1. The fraction of sp³-hybridized carbons (Fsp3) is 0.0833. The molecule has 0 fully saturated rings. The molecule has 0 spiro atoms. The topological polar surface area (TPSA) is 33.1 Å². The fourth-order valence-corrected chi connectivity index (χ4v) is 2.18. The highest BCUT2D eigenvalue weighted by Gasteiger charge is 2.13. The van der Waals surface area contributed by atoms with Crippen LogP contribution >= 0.6 is 23.2 Å². The van der Waals surface area contributed by atoms with Gasteiger partial charge >= 0.3 is 0 Å². The Labute approximate surface area is 108 Å². The third-order valence-corrected chi connectivity index (χ3v) is 2.95. The van der Waals surface area contributed by atoms with Gasteiger partial charge in [-0.3, -0.25) is 0 Å². The molecule has 0 aliphatic rings. The minimum absolute atomic E-state index is 0.208. The summed E-state index contributed by atoms with van der Waals surface area (Å²) in [4.78, 5) is 3.62. The Hall–Kier alpha value is -1.16. The van der Waals surface area contributed by atoms with Crippen molar-refractivity contribution >= 4 is 23.2 Å². The summed E-state index contributed by atoms with van der Waals surface area (Å²) in [6.45, 7) is -0.380. The van der Waals surface area contributed by atoms with Crippen molar-refractivity contribution in [1.82, 2.24) is 4.98 Å². The second-order valence-electron chi connectivity index (χ2n) is 3.38. The van der Waals surface area contributed by atoms with E-state index in [0.717, 1.165) is 0 Å². The molecule has 0 aliphatic heterocycles. The third-order valence-electron chi connectivity index (χ3n) is 2.32. The molecule has 1 heterocycles. The molecular formula is C12H8Cl2FNO. The Morgan fingerprint density at radius 2 is 1.76 bits per heavy atom. The molecule has 1 N–H and O–H groups in total. The molecule has 1 aromatic heterocycles. The smallest absolute Gasteiger partial charge is 0.213 e. The van der Waals surface area contributed by atoms with Gasteiger partial charge in [0.05, 0.1) is 12.3 Å². The first kappa shape index (κ1) is 12.3. The molecule has 0 atom stereocenters. The standard InChI is InChI=1S/C12H8Cl2FNO/c13-8-2-1-3-9(14)12(8)7-4-5-11(15)16-10(7)6-17/h1-5,17H,6H2. The predicted octanol–water partition coefficient (Wildman–Crippen LogP) is 3.69. The van der Waals surface area contributed by atoms with Gasteiger partial charge in [-0.05, 0) is 24.3 Å². The van der Waals surface area contributed by atoms with E-state index >= 15 is 0 Å². The Bertz CT molecular complexity index is 540. The highest BCUT2D eigenvalue weighted by molar-refractivity contribution is 6.39. The van der Waals surface area contributed by atoms with E-state index in [2.05, 4.69) is 4.98 Å². The molecule has 0 saturated heterocycles. The molecule has 0 amide bonds. The van der Waals surface area contributed by atoms with E-state index in [1.54, 1.807) is 18.2 Å². The number of aliphatic hydroxyl groups excluding tert-OH is 1. The number of nitrogens with zero attached hydrogens (tertiary/aromatic N) is 1. The van der Waals surface area contributed by atoms with Crippen LogP contribution in [0.2, 0.25) is 10.0 Å². The van der Waals surface area contributed by atoms with E-state index in [-0.39, 0.29) is 12.3 Å². The van der Waals surface area contributed by atoms with Gasteiger partial charge in [-0.15, -0.1) is 0 Å². The SMILES string of the molecule is OCc1nc(F)ccc1-c1c(Cl)cccc1Cl. The lowest BCUT2D eigenvalue weighted by Crippen LogP contribution is -1.97. The van der Waals surface area contributed by atoms with Gasteiger partial charge in [0.2, 0.25) is 5.95 Å². The predicted molar refractivity (Wildman–Crippen MR) is 65.6 cm³/mol. The minimum atomic E-state index is -0.652. The Morgan fingerprint density at radius 1 is 1.12 bits per heavy atom. The summed E-state index contributed by atoms with van der Waals surface area (Å²) < 4.78 is 13.0. The lowest BCUT2D eigenvalue weighted by atomic mass is 10.0. The molecule has 17 heavy (non-hydrogen) atoms. The lowest BCUT2D eigenvalue weighted by molar-refractivity contribution is 0.275. The van der Waals surface area contributed by atoms with Gasteiger partial charge in [-0.1, -0.05) is 29.3 Å². The van der Waals surface area contributed by atoms with Gasteiger partial charge in [-0.2, -0.15) is 4.39 Å². The number of halogens is 3. The summed E-state index contributed by atoms with van der Waals surface area (Å²) in [6, 6.07) is 7.76. The Balaban J connectivity index is 2.68. The first-order valence-electron chi connectivity index (χ1n) is 4.84. The number of rotatable bonds is 2. The molecule has 1 aromatic carbocycles. The van der Waals surface area contributed by atoms with Crippen LogP contribution in [-0.4, -0.2) is 10.1 Å². The monoisotopic (exact) mass is 271 g/mol. The van der Waals surface area contributed by atoms with Crippen LogP contribution in [0, 0.1) is 5.95 Å². The molecule has 0 unspecified atom stereocenters. The summed E-state index contributed by atoms with van der Waals surface area (Å²) in [7, 11) is 0. The molecule has 2 nitrogen and oxygen atoms in total. The van der Waals surface area contributed by atoms with Gasteiger partial charge in [0.1, 0.15) is 0 Å². The van der Waals surface area contributed by atoms with Gasteiger partial charge in [0, 0.05) is 21.2 Å². The van der Waals surface area contributed by atoms with Crippen LogP contribution in [0.25, 0.3) is 11.1 Å². The van der Waals surface area contributed by atoms with Crippen molar-refractivity contribution in [3.63, 3.8) is 0 Å². The first-order chi connectivity index (χ1) is 8.13. The molecule has 0 saturated carbocycles. The Morgan fingerprint density at radius 3 is 2.35 bits per heavy atom. The largest absolute Gasteiger partial charge is 0.390 e. The third kappa shape index (κ3) is 2.41. The van der Waals surface area contributed by atoms with Crippen LogP contribution in [0.15, 0.2) is 30.3 Å². The van der Waals surface area contributed by atoms with E-state index in [1.807, 2.05) is 0 Å². The molecule has 2 aromatic rings. The zero-order valence-corrected chi connectivity index (χ0v) is 10.1. The normalized spacial score (nSPS) is 10.6. The van der Waals surface area contributed by atoms with E-state index in [1.165, 1.54) is 12.1 Å². The number of benzene rings is 1. The van der Waals surface area contributed by atoms with E-state index in [0.29, 0.717) is 21.2 Å². The maximum atomic E-state index is 13.0. The van der Waals surface area contributed by atoms with Crippen LogP contribution in [0.5, 0.6) is 0 Å². The van der Waals surface area contributed by atoms with E-state index in [9.17, 15) is 9.50 Å². The number of hydrogen-bond acceptors (Lipinski definition) is 2. The number of aromatic nitrogens is 1. The van der Waals surface area contributed by atoms with Crippen LogP contribution in [0.3, 0.4) is 0 Å². The van der Waals surface area contributed by atoms with Gasteiger partial charge in [0.15, 0.2) is 0 Å². The van der Waals surface area contributed by atoms with Crippen molar-refractivity contribution < 1.29 is 9.50 Å².